The number of sulfone groups is 1. The Bertz CT molecular complexity index is 920. The van der Waals surface area contributed by atoms with E-state index in [1.807, 2.05) is 0 Å². The van der Waals surface area contributed by atoms with E-state index >= 15 is 0 Å². The highest BCUT2D eigenvalue weighted by Crippen LogP contribution is 2.20. The van der Waals surface area contributed by atoms with Crippen LogP contribution in [0.5, 0.6) is 0 Å². The molecule has 0 heterocycles. The Balaban J connectivity index is 2.28. The van der Waals surface area contributed by atoms with Crippen molar-refractivity contribution in [2.75, 3.05) is 7.05 Å². The van der Waals surface area contributed by atoms with E-state index in [2.05, 4.69) is 0 Å². The molecule has 7 heteroatoms. The number of carboxylic acid groups (broad SMARTS) is 1. The highest BCUT2D eigenvalue weighted by atomic mass is 32.2. The molecule has 2 rings (SSSR count). The number of carbonyl (C=O) groups is 2. The first-order chi connectivity index (χ1) is 12.1. The minimum absolute atomic E-state index is 0.209. The maximum absolute atomic E-state index is 12.6. The monoisotopic (exact) mass is 375 g/mol. The summed E-state index contributed by atoms with van der Waals surface area (Å²) >= 11 is 0. The van der Waals surface area contributed by atoms with Crippen molar-refractivity contribution in [3.05, 3.63) is 65.7 Å². The zero-order chi connectivity index (χ0) is 19.5. The fourth-order valence-electron chi connectivity index (χ4n) is 2.32. The van der Waals surface area contributed by atoms with Gasteiger partial charge in [0.25, 0.3) is 5.91 Å². The van der Waals surface area contributed by atoms with Gasteiger partial charge in [0.2, 0.25) is 0 Å². The van der Waals surface area contributed by atoms with E-state index in [-0.39, 0.29) is 16.2 Å². The van der Waals surface area contributed by atoms with Crippen molar-refractivity contribution < 1.29 is 23.1 Å². The number of carboxylic acids is 1. The molecule has 2 aromatic rings. The molecule has 0 aromatic heterocycles. The molecular formula is C19H21NO5S. The van der Waals surface area contributed by atoms with E-state index in [1.54, 1.807) is 30.3 Å². The van der Waals surface area contributed by atoms with E-state index in [0.717, 1.165) is 4.90 Å². The van der Waals surface area contributed by atoms with Crippen LogP contribution < -0.4 is 0 Å². The van der Waals surface area contributed by atoms with Crippen LogP contribution >= 0.6 is 0 Å². The summed E-state index contributed by atoms with van der Waals surface area (Å²) in [6.45, 7) is 2.86. The van der Waals surface area contributed by atoms with E-state index in [1.165, 1.54) is 45.2 Å². The Labute approximate surface area is 153 Å². The van der Waals surface area contributed by atoms with Crippen molar-refractivity contribution in [1.29, 1.82) is 0 Å². The molecule has 0 aliphatic carbocycles. The first-order valence-corrected chi connectivity index (χ1v) is 9.59. The van der Waals surface area contributed by atoms with E-state index in [4.69, 9.17) is 0 Å². The third-order valence-corrected chi connectivity index (χ3v) is 6.00. The van der Waals surface area contributed by atoms with Gasteiger partial charge in [-0.25, -0.2) is 13.2 Å². The molecule has 0 saturated heterocycles. The maximum Gasteiger partial charge on any atom is 0.329 e. The first-order valence-electron chi connectivity index (χ1n) is 7.94. The second-order valence-corrected chi connectivity index (χ2v) is 8.49. The normalized spacial score (nSPS) is 11.8. The molecule has 0 saturated carbocycles. The topological polar surface area (TPSA) is 91.8 Å². The van der Waals surface area contributed by atoms with Crippen molar-refractivity contribution in [2.45, 2.75) is 30.0 Å². The van der Waals surface area contributed by atoms with E-state index in [9.17, 15) is 23.1 Å². The summed E-state index contributed by atoms with van der Waals surface area (Å²) in [7, 11) is -2.13. The Hall–Kier alpha value is -2.67. The number of nitrogens with zero attached hydrogens (tertiary/aromatic N) is 1. The van der Waals surface area contributed by atoms with Gasteiger partial charge in [0.15, 0.2) is 9.84 Å². The number of benzene rings is 2. The van der Waals surface area contributed by atoms with Crippen molar-refractivity contribution in [3.63, 3.8) is 0 Å². The number of aliphatic carboxylic acids is 1. The maximum atomic E-state index is 12.6. The predicted molar refractivity (Wildman–Crippen MR) is 97.6 cm³/mol. The minimum Gasteiger partial charge on any atom is -0.480 e. The van der Waals surface area contributed by atoms with Gasteiger partial charge < -0.3 is 10.0 Å². The lowest BCUT2D eigenvalue weighted by Gasteiger charge is -2.31. The van der Waals surface area contributed by atoms with Crippen LogP contribution in [0.15, 0.2) is 59.5 Å². The standard InChI is InChI=1S/C19H21NO5S/c1-19(2,18(22)23)20(3)17(21)15-9-7-8-14(12-15)13-26(24,25)16-10-5-4-6-11-16/h4-12H,13H2,1-3H3,(H,22,23). The van der Waals surface area contributed by atoms with Gasteiger partial charge in [-0.2, -0.15) is 0 Å². The van der Waals surface area contributed by atoms with Crippen LogP contribution in [-0.2, 0) is 20.4 Å². The van der Waals surface area contributed by atoms with Crippen molar-refractivity contribution >= 4 is 21.7 Å². The zero-order valence-corrected chi connectivity index (χ0v) is 15.7. The van der Waals surface area contributed by atoms with Gasteiger partial charge in [0.05, 0.1) is 10.6 Å². The Morgan fingerprint density at radius 2 is 1.65 bits per heavy atom. The lowest BCUT2D eigenvalue weighted by atomic mass is 10.0. The Morgan fingerprint density at radius 3 is 2.23 bits per heavy atom. The van der Waals surface area contributed by atoms with Crippen LogP contribution in [0.25, 0.3) is 0 Å². The van der Waals surface area contributed by atoms with Gasteiger partial charge in [0.1, 0.15) is 5.54 Å². The summed E-state index contributed by atoms with van der Waals surface area (Å²) in [5.74, 6) is -1.86. The number of hydrogen-bond acceptors (Lipinski definition) is 4. The molecule has 1 N–H and O–H groups in total. The molecule has 0 fully saturated rings. The zero-order valence-electron chi connectivity index (χ0n) is 14.8. The average molecular weight is 375 g/mol. The summed E-state index contributed by atoms with van der Waals surface area (Å²) in [4.78, 5) is 25.3. The molecule has 0 aliphatic rings. The highest BCUT2D eigenvalue weighted by Gasteiger charge is 2.35. The predicted octanol–water partition coefficient (Wildman–Crippen LogP) is 2.60. The SMILES string of the molecule is CN(C(=O)c1cccc(CS(=O)(=O)c2ccccc2)c1)C(C)(C)C(=O)O. The van der Waals surface area contributed by atoms with Gasteiger partial charge in [-0.3, -0.25) is 4.79 Å². The molecule has 138 valence electrons. The van der Waals surface area contributed by atoms with Gasteiger partial charge in [-0.15, -0.1) is 0 Å². The molecule has 0 atom stereocenters. The average Bonchev–Trinajstić information content (AvgIpc) is 2.61. The molecule has 0 spiro atoms. The summed E-state index contributed by atoms with van der Waals surface area (Å²) in [5.41, 5.74) is -0.688. The van der Waals surface area contributed by atoms with Crippen LogP contribution in [0.2, 0.25) is 0 Å². The molecule has 2 aromatic carbocycles. The lowest BCUT2D eigenvalue weighted by Crippen LogP contribution is -2.50. The Morgan fingerprint density at radius 1 is 1.04 bits per heavy atom. The third kappa shape index (κ3) is 4.11. The fraction of sp³-hybridized carbons (Fsp3) is 0.263. The first kappa shape index (κ1) is 19.7. The molecule has 0 bridgehead atoms. The number of rotatable bonds is 6. The summed E-state index contributed by atoms with van der Waals surface area (Å²) in [5, 5.41) is 9.27. The van der Waals surface area contributed by atoms with Crippen molar-refractivity contribution in [3.8, 4) is 0 Å². The Kier molecular flexibility index (Phi) is 5.51. The molecule has 26 heavy (non-hydrogen) atoms. The number of carbonyl (C=O) groups excluding carboxylic acids is 1. The molecule has 0 unspecified atom stereocenters. The largest absolute Gasteiger partial charge is 0.480 e. The van der Waals surface area contributed by atoms with E-state index < -0.39 is 27.3 Å². The van der Waals surface area contributed by atoms with Crippen molar-refractivity contribution in [2.24, 2.45) is 0 Å². The number of hydrogen-bond donors (Lipinski definition) is 1. The number of amides is 1. The second kappa shape index (κ2) is 7.29. The summed E-state index contributed by atoms with van der Waals surface area (Å²) in [6, 6.07) is 14.3. The lowest BCUT2D eigenvalue weighted by molar-refractivity contribution is -0.147. The van der Waals surface area contributed by atoms with Crippen LogP contribution in [0, 0.1) is 0 Å². The van der Waals surface area contributed by atoms with Crippen LogP contribution in [-0.4, -0.2) is 42.9 Å². The third-order valence-electron chi connectivity index (χ3n) is 4.30. The second-order valence-electron chi connectivity index (χ2n) is 6.50. The summed E-state index contributed by atoms with van der Waals surface area (Å²) in [6.07, 6.45) is 0. The molecular weight excluding hydrogens is 354 g/mol. The molecule has 6 nitrogen and oxygen atoms in total. The van der Waals surface area contributed by atoms with Crippen molar-refractivity contribution in [1.82, 2.24) is 4.90 Å². The fourth-order valence-corrected chi connectivity index (χ4v) is 3.67. The van der Waals surface area contributed by atoms with Gasteiger partial charge in [-0.05, 0) is 43.7 Å². The minimum atomic E-state index is -3.54. The van der Waals surface area contributed by atoms with Gasteiger partial charge >= 0.3 is 5.97 Å². The number of likely N-dealkylation sites (N-methyl/N-ethyl adjacent to an activating group) is 1. The van der Waals surface area contributed by atoms with E-state index in [0.29, 0.717) is 5.56 Å². The highest BCUT2D eigenvalue weighted by molar-refractivity contribution is 7.90. The molecule has 1 amide bonds. The quantitative estimate of drug-likeness (QED) is 0.838. The molecule has 0 radical (unpaired) electrons. The smallest absolute Gasteiger partial charge is 0.329 e. The van der Waals surface area contributed by atoms with Crippen LogP contribution in [0.1, 0.15) is 29.8 Å². The summed E-state index contributed by atoms with van der Waals surface area (Å²) < 4.78 is 25.0. The van der Waals surface area contributed by atoms with Crippen LogP contribution in [0.4, 0.5) is 0 Å². The van der Waals surface area contributed by atoms with Gasteiger partial charge in [0, 0.05) is 12.6 Å². The molecule has 0 aliphatic heterocycles. The van der Waals surface area contributed by atoms with Crippen LogP contribution in [0.3, 0.4) is 0 Å². The van der Waals surface area contributed by atoms with Gasteiger partial charge in [-0.1, -0.05) is 30.3 Å².